The molecule has 3 amide bonds. The molecule has 1 aromatic carbocycles. The summed E-state index contributed by atoms with van der Waals surface area (Å²) in [6.45, 7) is 5.94. The molecule has 0 radical (unpaired) electrons. The Labute approximate surface area is 162 Å². The van der Waals surface area contributed by atoms with Crippen LogP contribution in [0.2, 0.25) is 0 Å². The van der Waals surface area contributed by atoms with Gasteiger partial charge < -0.3 is 20.5 Å². The van der Waals surface area contributed by atoms with Crippen LogP contribution in [0.15, 0.2) is 28.8 Å². The highest BCUT2D eigenvalue weighted by atomic mass is 16.5. The van der Waals surface area contributed by atoms with Gasteiger partial charge in [0.15, 0.2) is 5.82 Å². The van der Waals surface area contributed by atoms with E-state index in [2.05, 4.69) is 21.1 Å². The second-order valence-electron chi connectivity index (χ2n) is 8.41. The summed E-state index contributed by atoms with van der Waals surface area (Å²) in [5, 5.41) is 12.1. The van der Waals surface area contributed by atoms with Gasteiger partial charge in [0, 0.05) is 22.9 Å². The molecule has 28 heavy (non-hydrogen) atoms. The van der Waals surface area contributed by atoms with Crippen LogP contribution in [-0.4, -0.2) is 22.9 Å². The number of carbonyl (C=O) groups excluding carboxylic acids is 3. The Morgan fingerprint density at radius 3 is 2.50 bits per heavy atom. The lowest BCUT2D eigenvalue weighted by Gasteiger charge is -2.15. The van der Waals surface area contributed by atoms with Gasteiger partial charge in [-0.2, -0.15) is 0 Å². The number of carbonyl (C=O) groups is 3. The van der Waals surface area contributed by atoms with Crippen molar-refractivity contribution in [1.29, 1.82) is 0 Å². The SMILES string of the molecule is CC(C)(C)c1cc(NC(=O)C2(C(=O)Nc3ccc4c(c3)NC(=O)C4)CC2)no1. The van der Waals surface area contributed by atoms with E-state index >= 15 is 0 Å². The zero-order chi connectivity index (χ0) is 20.1. The van der Waals surface area contributed by atoms with Crippen LogP contribution in [0.25, 0.3) is 0 Å². The number of nitrogens with one attached hydrogen (secondary N) is 3. The molecular weight excluding hydrogens is 360 g/mol. The van der Waals surface area contributed by atoms with Crippen molar-refractivity contribution in [3.8, 4) is 0 Å². The first-order valence-electron chi connectivity index (χ1n) is 9.20. The van der Waals surface area contributed by atoms with Crippen molar-refractivity contribution < 1.29 is 18.9 Å². The summed E-state index contributed by atoms with van der Waals surface area (Å²) >= 11 is 0. The van der Waals surface area contributed by atoms with Crippen LogP contribution in [0.4, 0.5) is 17.2 Å². The van der Waals surface area contributed by atoms with Crippen LogP contribution in [-0.2, 0) is 26.2 Å². The molecule has 8 nitrogen and oxygen atoms in total. The number of aromatic nitrogens is 1. The molecule has 1 saturated carbocycles. The van der Waals surface area contributed by atoms with Gasteiger partial charge in [0.2, 0.25) is 17.7 Å². The molecule has 0 unspecified atom stereocenters. The Hall–Kier alpha value is -3.16. The first-order chi connectivity index (χ1) is 13.2. The van der Waals surface area contributed by atoms with E-state index < -0.39 is 11.3 Å². The van der Waals surface area contributed by atoms with Gasteiger partial charge in [-0.25, -0.2) is 0 Å². The van der Waals surface area contributed by atoms with Crippen LogP contribution < -0.4 is 16.0 Å². The van der Waals surface area contributed by atoms with E-state index in [0.717, 1.165) is 5.56 Å². The topological polar surface area (TPSA) is 113 Å². The fraction of sp³-hybridized carbons (Fsp3) is 0.400. The van der Waals surface area contributed by atoms with Gasteiger partial charge in [0.25, 0.3) is 0 Å². The molecule has 3 N–H and O–H groups in total. The van der Waals surface area contributed by atoms with E-state index in [-0.39, 0.29) is 17.2 Å². The molecule has 0 spiro atoms. The van der Waals surface area contributed by atoms with Crippen molar-refractivity contribution in [2.45, 2.75) is 45.4 Å². The monoisotopic (exact) mass is 382 g/mol. The van der Waals surface area contributed by atoms with Crippen molar-refractivity contribution in [2.24, 2.45) is 5.41 Å². The number of hydrogen-bond donors (Lipinski definition) is 3. The Balaban J connectivity index is 1.44. The molecule has 1 aliphatic carbocycles. The van der Waals surface area contributed by atoms with E-state index in [9.17, 15) is 14.4 Å². The van der Waals surface area contributed by atoms with Gasteiger partial charge in [0.05, 0.1) is 6.42 Å². The molecule has 1 aliphatic heterocycles. The van der Waals surface area contributed by atoms with E-state index in [0.29, 0.717) is 42.2 Å². The number of nitrogens with zero attached hydrogens (tertiary/aromatic N) is 1. The minimum atomic E-state index is -1.11. The van der Waals surface area contributed by atoms with Crippen molar-refractivity contribution in [1.82, 2.24) is 5.16 Å². The second kappa shape index (κ2) is 6.19. The van der Waals surface area contributed by atoms with Gasteiger partial charge in [-0.15, -0.1) is 0 Å². The molecule has 2 aromatic rings. The summed E-state index contributed by atoms with van der Waals surface area (Å²) in [6, 6.07) is 6.92. The molecule has 8 heteroatoms. The number of rotatable bonds is 4. The number of fused-ring (bicyclic) bond motifs is 1. The third-order valence-corrected chi connectivity index (χ3v) is 5.10. The number of benzene rings is 1. The Morgan fingerprint density at radius 1 is 1.14 bits per heavy atom. The smallest absolute Gasteiger partial charge is 0.241 e. The third-order valence-electron chi connectivity index (χ3n) is 5.10. The average molecular weight is 382 g/mol. The predicted molar refractivity (Wildman–Crippen MR) is 103 cm³/mol. The van der Waals surface area contributed by atoms with E-state index in [1.807, 2.05) is 20.8 Å². The highest BCUT2D eigenvalue weighted by Gasteiger charge is 2.56. The summed E-state index contributed by atoms with van der Waals surface area (Å²) in [6.07, 6.45) is 1.27. The summed E-state index contributed by atoms with van der Waals surface area (Å²) in [7, 11) is 0. The van der Waals surface area contributed by atoms with Crippen molar-refractivity contribution in [3.63, 3.8) is 0 Å². The maximum Gasteiger partial charge on any atom is 0.241 e. The first kappa shape index (κ1) is 18.2. The van der Waals surface area contributed by atoms with Crippen LogP contribution in [0.5, 0.6) is 0 Å². The molecule has 0 bridgehead atoms. The molecule has 146 valence electrons. The van der Waals surface area contributed by atoms with Crippen LogP contribution >= 0.6 is 0 Å². The molecule has 2 heterocycles. The van der Waals surface area contributed by atoms with Crippen molar-refractivity contribution in [3.05, 3.63) is 35.6 Å². The van der Waals surface area contributed by atoms with Gasteiger partial charge >= 0.3 is 0 Å². The zero-order valence-corrected chi connectivity index (χ0v) is 16.0. The normalized spacial score (nSPS) is 16.9. The molecule has 4 rings (SSSR count). The summed E-state index contributed by atoms with van der Waals surface area (Å²) in [4.78, 5) is 36.9. The lowest BCUT2D eigenvalue weighted by molar-refractivity contribution is -0.131. The van der Waals surface area contributed by atoms with E-state index in [1.54, 1.807) is 24.3 Å². The minimum absolute atomic E-state index is 0.0706. The molecule has 2 aliphatic rings. The maximum atomic E-state index is 12.8. The fourth-order valence-corrected chi connectivity index (χ4v) is 3.15. The van der Waals surface area contributed by atoms with Gasteiger partial charge in [-0.1, -0.05) is 32.0 Å². The minimum Gasteiger partial charge on any atom is -0.359 e. The third kappa shape index (κ3) is 3.26. The zero-order valence-electron chi connectivity index (χ0n) is 16.0. The lowest BCUT2D eigenvalue weighted by atomic mass is 9.93. The molecular formula is C20H22N4O4. The Morgan fingerprint density at radius 2 is 1.86 bits per heavy atom. The largest absolute Gasteiger partial charge is 0.359 e. The summed E-state index contributed by atoms with van der Waals surface area (Å²) in [5.41, 5.74) is 0.787. The van der Waals surface area contributed by atoms with Gasteiger partial charge in [-0.3, -0.25) is 14.4 Å². The van der Waals surface area contributed by atoms with Crippen molar-refractivity contribution >= 4 is 34.9 Å². The highest BCUT2D eigenvalue weighted by molar-refractivity contribution is 6.17. The van der Waals surface area contributed by atoms with Crippen LogP contribution in [0, 0.1) is 5.41 Å². The highest BCUT2D eigenvalue weighted by Crippen LogP contribution is 2.47. The predicted octanol–water partition coefficient (Wildman–Crippen LogP) is 2.82. The van der Waals surface area contributed by atoms with Crippen LogP contribution in [0.1, 0.15) is 44.9 Å². The quantitative estimate of drug-likeness (QED) is 0.704. The van der Waals surface area contributed by atoms with Crippen LogP contribution in [0.3, 0.4) is 0 Å². The first-order valence-corrected chi connectivity index (χ1v) is 9.20. The standard InChI is InChI=1S/C20H22N4O4/c1-19(2,3)14-10-15(24-28-14)23-18(27)20(6-7-20)17(26)21-12-5-4-11-8-16(25)22-13(11)9-12/h4-5,9-10H,6-8H2,1-3H3,(H,21,26)(H,22,25)(H,23,24,27). The summed E-state index contributed by atoms with van der Waals surface area (Å²) in [5.74, 6) is 0.118. The second-order valence-corrected chi connectivity index (χ2v) is 8.41. The van der Waals surface area contributed by atoms with Gasteiger partial charge in [-0.05, 0) is 30.5 Å². The van der Waals surface area contributed by atoms with E-state index in [1.165, 1.54) is 0 Å². The molecule has 1 aromatic heterocycles. The average Bonchev–Trinajstić information content (AvgIpc) is 3.15. The lowest BCUT2D eigenvalue weighted by Crippen LogP contribution is -2.35. The number of hydrogen-bond acceptors (Lipinski definition) is 5. The summed E-state index contributed by atoms with van der Waals surface area (Å²) < 4.78 is 5.27. The van der Waals surface area contributed by atoms with E-state index in [4.69, 9.17) is 4.52 Å². The Bertz CT molecular complexity index is 982. The number of anilines is 3. The molecule has 0 atom stereocenters. The maximum absolute atomic E-state index is 12.8. The Kier molecular flexibility index (Phi) is 4.02. The molecule has 0 saturated heterocycles. The van der Waals surface area contributed by atoms with Gasteiger partial charge in [0.1, 0.15) is 11.2 Å². The fourth-order valence-electron chi connectivity index (χ4n) is 3.15. The number of amides is 3. The van der Waals surface area contributed by atoms with Crippen molar-refractivity contribution in [2.75, 3.05) is 16.0 Å². The molecule has 1 fully saturated rings.